The Kier molecular flexibility index (Phi) is 3.55. The van der Waals surface area contributed by atoms with Crippen LogP contribution in [0.2, 0.25) is 0 Å². The second kappa shape index (κ2) is 5.48. The first-order chi connectivity index (χ1) is 8.92. The molecule has 1 saturated heterocycles. The van der Waals surface area contributed by atoms with Gasteiger partial charge in [-0.25, -0.2) is 4.98 Å². The summed E-state index contributed by atoms with van der Waals surface area (Å²) in [7, 11) is 0. The summed E-state index contributed by atoms with van der Waals surface area (Å²) in [5.74, 6) is 2.53. The van der Waals surface area contributed by atoms with Crippen LogP contribution in [0.15, 0.2) is 43.0 Å². The lowest BCUT2D eigenvalue weighted by molar-refractivity contribution is 0.685. The fourth-order valence-electron chi connectivity index (χ4n) is 2.26. The lowest BCUT2D eigenvalue weighted by Crippen LogP contribution is -2.25. The highest BCUT2D eigenvalue weighted by Gasteiger charge is 2.13. The number of nitrogens with one attached hydrogen (secondary N) is 1. The molecule has 2 heterocycles. The van der Waals surface area contributed by atoms with Crippen LogP contribution in [0.25, 0.3) is 5.69 Å². The summed E-state index contributed by atoms with van der Waals surface area (Å²) < 4.78 is 2.03. The van der Waals surface area contributed by atoms with E-state index in [1.165, 1.54) is 30.0 Å². The van der Waals surface area contributed by atoms with Crippen molar-refractivity contribution in [2.24, 2.45) is 0 Å². The van der Waals surface area contributed by atoms with E-state index in [0.717, 1.165) is 5.69 Å². The van der Waals surface area contributed by atoms with Gasteiger partial charge in [-0.2, -0.15) is 11.8 Å². The van der Waals surface area contributed by atoms with E-state index in [4.69, 9.17) is 0 Å². The van der Waals surface area contributed by atoms with Gasteiger partial charge in [-0.1, -0.05) is 6.07 Å². The van der Waals surface area contributed by atoms with Gasteiger partial charge in [0.1, 0.15) is 0 Å². The van der Waals surface area contributed by atoms with Crippen molar-refractivity contribution in [3.05, 3.63) is 43.0 Å². The van der Waals surface area contributed by atoms with Crippen LogP contribution in [0.4, 0.5) is 5.69 Å². The van der Waals surface area contributed by atoms with Crippen molar-refractivity contribution < 1.29 is 0 Å². The second-order valence-corrected chi connectivity index (χ2v) is 5.73. The molecule has 0 saturated carbocycles. The quantitative estimate of drug-likeness (QED) is 0.918. The number of imidazole rings is 1. The Morgan fingerprint density at radius 3 is 3.17 bits per heavy atom. The van der Waals surface area contributed by atoms with E-state index in [-0.39, 0.29) is 0 Å². The number of hydrogen-bond acceptors (Lipinski definition) is 3. The number of hydrogen-bond donors (Lipinski definition) is 1. The Morgan fingerprint density at radius 2 is 2.39 bits per heavy atom. The summed E-state index contributed by atoms with van der Waals surface area (Å²) in [6.07, 6.45) is 8.20. The van der Waals surface area contributed by atoms with Crippen molar-refractivity contribution >= 4 is 17.4 Å². The first-order valence-corrected chi connectivity index (χ1v) is 7.50. The monoisotopic (exact) mass is 259 g/mol. The maximum absolute atomic E-state index is 4.08. The molecule has 3 rings (SSSR count). The molecule has 0 aliphatic carbocycles. The third-order valence-electron chi connectivity index (χ3n) is 3.18. The molecule has 18 heavy (non-hydrogen) atoms. The molecule has 1 atom stereocenters. The number of aromatic nitrogens is 2. The Labute approximate surface area is 112 Å². The molecule has 1 aliphatic rings. The van der Waals surface area contributed by atoms with Crippen LogP contribution >= 0.6 is 11.8 Å². The summed E-state index contributed by atoms with van der Waals surface area (Å²) in [4.78, 5) is 4.08. The molecule has 2 aromatic rings. The normalized spacial score (nSPS) is 19.7. The minimum atomic E-state index is 0.613. The second-order valence-electron chi connectivity index (χ2n) is 4.58. The van der Waals surface area contributed by atoms with E-state index in [1.807, 2.05) is 28.9 Å². The zero-order valence-corrected chi connectivity index (χ0v) is 11.1. The topological polar surface area (TPSA) is 29.9 Å². The lowest BCUT2D eigenvalue weighted by Gasteiger charge is -2.23. The number of rotatable bonds is 3. The Balaban J connectivity index is 1.74. The van der Waals surface area contributed by atoms with E-state index in [0.29, 0.717) is 6.04 Å². The molecule has 4 heteroatoms. The molecule has 1 unspecified atom stereocenters. The van der Waals surface area contributed by atoms with Gasteiger partial charge in [-0.3, -0.25) is 0 Å². The third kappa shape index (κ3) is 2.70. The average molecular weight is 259 g/mol. The van der Waals surface area contributed by atoms with Crippen LogP contribution < -0.4 is 5.32 Å². The van der Waals surface area contributed by atoms with Gasteiger partial charge in [-0.15, -0.1) is 0 Å². The van der Waals surface area contributed by atoms with Gasteiger partial charge >= 0.3 is 0 Å². The van der Waals surface area contributed by atoms with E-state index >= 15 is 0 Å². The van der Waals surface area contributed by atoms with E-state index in [2.05, 4.69) is 34.6 Å². The number of benzene rings is 1. The Bertz CT molecular complexity index is 490. The van der Waals surface area contributed by atoms with Gasteiger partial charge in [0.25, 0.3) is 0 Å². The Hall–Kier alpha value is -1.42. The summed E-state index contributed by atoms with van der Waals surface area (Å²) in [5.41, 5.74) is 2.36. The van der Waals surface area contributed by atoms with Gasteiger partial charge < -0.3 is 9.88 Å². The Morgan fingerprint density at radius 1 is 1.39 bits per heavy atom. The largest absolute Gasteiger partial charge is 0.381 e. The van der Waals surface area contributed by atoms with Gasteiger partial charge in [0, 0.05) is 35.6 Å². The molecular formula is C14H17N3S. The highest BCUT2D eigenvalue weighted by atomic mass is 32.2. The molecule has 1 aromatic heterocycles. The summed E-state index contributed by atoms with van der Waals surface area (Å²) in [6.45, 7) is 0. The van der Waals surface area contributed by atoms with Crippen LogP contribution in [0, 0.1) is 0 Å². The van der Waals surface area contributed by atoms with Gasteiger partial charge in [-0.05, 0) is 36.8 Å². The van der Waals surface area contributed by atoms with Crippen molar-refractivity contribution in [2.75, 3.05) is 16.8 Å². The van der Waals surface area contributed by atoms with E-state index in [9.17, 15) is 0 Å². The van der Waals surface area contributed by atoms with Gasteiger partial charge in [0.15, 0.2) is 0 Å². The first-order valence-electron chi connectivity index (χ1n) is 6.34. The fraction of sp³-hybridized carbons (Fsp3) is 0.357. The van der Waals surface area contributed by atoms with Crippen molar-refractivity contribution in [3.8, 4) is 5.69 Å². The molecule has 0 radical (unpaired) electrons. The van der Waals surface area contributed by atoms with Crippen LogP contribution in [-0.2, 0) is 0 Å². The van der Waals surface area contributed by atoms with Crippen molar-refractivity contribution in [2.45, 2.75) is 18.9 Å². The predicted molar refractivity (Wildman–Crippen MR) is 77.5 cm³/mol. The first kappa shape index (κ1) is 11.7. The SMILES string of the molecule is c1cc(NC2CCCSC2)cc(-n2ccnc2)c1. The number of thioether (sulfide) groups is 1. The van der Waals surface area contributed by atoms with E-state index < -0.39 is 0 Å². The van der Waals surface area contributed by atoms with Crippen molar-refractivity contribution in [1.29, 1.82) is 0 Å². The average Bonchev–Trinajstić information content (AvgIpc) is 2.94. The molecule has 94 valence electrons. The number of nitrogens with zero attached hydrogens (tertiary/aromatic N) is 2. The molecule has 1 aromatic carbocycles. The molecule has 1 aliphatic heterocycles. The minimum absolute atomic E-state index is 0.613. The highest BCUT2D eigenvalue weighted by Crippen LogP contribution is 2.22. The zero-order valence-electron chi connectivity index (χ0n) is 10.2. The van der Waals surface area contributed by atoms with Crippen LogP contribution in [-0.4, -0.2) is 27.1 Å². The molecule has 3 nitrogen and oxygen atoms in total. The van der Waals surface area contributed by atoms with Crippen LogP contribution in [0.3, 0.4) is 0 Å². The number of anilines is 1. The zero-order chi connectivity index (χ0) is 12.2. The summed E-state index contributed by atoms with van der Waals surface area (Å²) >= 11 is 2.05. The standard InChI is InChI=1S/C14H17N3S/c1-3-12(16-13-4-2-8-18-10-13)9-14(5-1)17-7-6-15-11-17/h1,3,5-7,9,11,13,16H,2,4,8,10H2. The summed E-state index contributed by atoms with van der Waals surface area (Å²) in [6, 6.07) is 9.12. The highest BCUT2D eigenvalue weighted by molar-refractivity contribution is 7.99. The maximum atomic E-state index is 4.08. The fourth-order valence-corrected chi connectivity index (χ4v) is 3.33. The third-order valence-corrected chi connectivity index (χ3v) is 4.40. The van der Waals surface area contributed by atoms with Crippen LogP contribution in [0.5, 0.6) is 0 Å². The molecule has 1 N–H and O–H groups in total. The lowest BCUT2D eigenvalue weighted by atomic mass is 10.1. The molecular weight excluding hydrogens is 242 g/mol. The molecule has 0 spiro atoms. The van der Waals surface area contributed by atoms with Crippen LogP contribution in [0.1, 0.15) is 12.8 Å². The minimum Gasteiger partial charge on any atom is -0.381 e. The van der Waals surface area contributed by atoms with E-state index in [1.54, 1.807) is 6.20 Å². The van der Waals surface area contributed by atoms with Gasteiger partial charge in [0.05, 0.1) is 6.33 Å². The van der Waals surface area contributed by atoms with Crippen molar-refractivity contribution in [1.82, 2.24) is 9.55 Å². The summed E-state index contributed by atoms with van der Waals surface area (Å²) in [5, 5.41) is 3.63. The molecule has 0 amide bonds. The molecule has 0 bridgehead atoms. The smallest absolute Gasteiger partial charge is 0.0991 e. The molecule has 1 fully saturated rings. The predicted octanol–water partition coefficient (Wildman–Crippen LogP) is 3.18. The van der Waals surface area contributed by atoms with Gasteiger partial charge in [0.2, 0.25) is 0 Å². The van der Waals surface area contributed by atoms with Crippen molar-refractivity contribution in [3.63, 3.8) is 0 Å². The maximum Gasteiger partial charge on any atom is 0.0991 e.